The van der Waals surface area contributed by atoms with E-state index in [-0.39, 0.29) is 0 Å². The number of aromatic nitrogens is 2. The second-order valence-electron chi connectivity index (χ2n) is 3.68. The molecular weight excluding hydrogens is 236 g/mol. The minimum Gasteiger partial charge on any atom is -0.493 e. The molecule has 0 atom stereocenters. The molecule has 1 heterocycles. The molecule has 0 aliphatic rings. The molecule has 0 fully saturated rings. The Morgan fingerprint density at radius 1 is 1.12 bits per heavy atom. The van der Waals surface area contributed by atoms with Crippen LogP contribution in [0, 0.1) is 11.7 Å². The molecule has 90 valence electrons. The maximum atomic E-state index is 5.29. The maximum Gasteiger partial charge on any atom is 0.174 e. The summed E-state index contributed by atoms with van der Waals surface area (Å²) in [6.07, 6.45) is 1.84. The van der Waals surface area contributed by atoms with E-state index in [1.165, 1.54) is 0 Å². The van der Waals surface area contributed by atoms with Crippen molar-refractivity contribution < 1.29 is 9.47 Å². The molecule has 4 nitrogen and oxygen atoms in total. The second-order valence-corrected chi connectivity index (χ2v) is 4.09. The van der Waals surface area contributed by atoms with Crippen molar-refractivity contribution in [3.63, 3.8) is 0 Å². The van der Waals surface area contributed by atoms with Gasteiger partial charge in [-0.25, -0.2) is 0 Å². The van der Waals surface area contributed by atoms with Crippen molar-refractivity contribution in [3.05, 3.63) is 28.7 Å². The third-order valence-corrected chi connectivity index (χ3v) is 2.84. The van der Waals surface area contributed by atoms with Crippen LogP contribution in [0.3, 0.4) is 0 Å². The molecule has 0 saturated carbocycles. The highest BCUT2D eigenvalue weighted by Gasteiger charge is 2.10. The maximum absolute atomic E-state index is 5.29. The summed E-state index contributed by atoms with van der Waals surface area (Å²) in [6.45, 7) is 2.02. The highest BCUT2D eigenvalue weighted by Crippen LogP contribution is 2.34. The fourth-order valence-electron chi connectivity index (χ4n) is 1.75. The standard InChI is InChI=1S/C12H14N2O2S/c1-7-4-10(15-2)11(16-3)5-8(7)9-6-13-12(17)14-9/h4-6H,1-3H3,(H2,13,14,17). The van der Waals surface area contributed by atoms with E-state index in [1.54, 1.807) is 14.2 Å². The Labute approximate surface area is 105 Å². The van der Waals surface area contributed by atoms with E-state index in [0.717, 1.165) is 22.6 Å². The summed E-state index contributed by atoms with van der Waals surface area (Å²) in [6, 6.07) is 3.88. The van der Waals surface area contributed by atoms with Crippen molar-refractivity contribution in [2.75, 3.05) is 14.2 Å². The molecule has 2 aromatic rings. The lowest BCUT2D eigenvalue weighted by molar-refractivity contribution is 0.355. The Balaban J connectivity index is 2.58. The molecule has 0 saturated heterocycles. The summed E-state index contributed by atoms with van der Waals surface area (Å²) in [5.41, 5.74) is 3.07. The molecule has 17 heavy (non-hydrogen) atoms. The first kappa shape index (κ1) is 11.7. The number of aromatic amines is 2. The molecule has 2 N–H and O–H groups in total. The van der Waals surface area contributed by atoms with Crippen LogP contribution in [0.4, 0.5) is 0 Å². The smallest absolute Gasteiger partial charge is 0.174 e. The molecule has 0 bridgehead atoms. The van der Waals surface area contributed by atoms with Crippen LogP contribution in [0.25, 0.3) is 11.3 Å². The van der Waals surface area contributed by atoms with Crippen molar-refractivity contribution in [1.29, 1.82) is 0 Å². The summed E-state index contributed by atoms with van der Waals surface area (Å²) in [5.74, 6) is 1.43. The Morgan fingerprint density at radius 3 is 2.29 bits per heavy atom. The summed E-state index contributed by atoms with van der Waals surface area (Å²) in [5, 5.41) is 0. The molecule has 5 heteroatoms. The first-order valence-electron chi connectivity index (χ1n) is 5.16. The Morgan fingerprint density at radius 2 is 1.76 bits per heavy atom. The summed E-state index contributed by atoms with van der Waals surface area (Å²) >= 11 is 5.02. The Hall–Kier alpha value is -1.75. The number of hydrogen-bond acceptors (Lipinski definition) is 3. The first-order valence-corrected chi connectivity index (χ1v) is 5.57. The number of H-pyrrole nitrogens is 2. The third-order valence-electron chi connectivity index (χ3n) is 2.62. The predicted molar refractivity (Wildman–Crippen MR) is 69.3 cm³/mol. The monoisotopic (exact) mass is 250 g/mol. The zero-order valence-corrected chi connectivity index (χ0v) is 10.8. The van der Waals surface area contributed by atoms with Gasteiger partial charge in [0.25, 0.3) is 0 Å². The van der Waals surface area contributed by atoms with Crippen molar-refractivity contribution in [2.24, 2.45) is 0 Å². The van der Waals surface area contributed by atoms with Gasteiger partial charge in [-0.2, -0.15) is 0 Å². The number of hydrogen-bond donors (Lipinski definition) is 2. The first-order chi connectivity index (χ1) is 8.15. The van der Waals surface area contributed by atoms with Gasteiger partial charge in [-0.15, -0.1) is 0 Å². The zero-order valence-electron chi connectivity index (χ0n) is 9.96. The van der Waals surface area contributed by atoms with Crippen LogP contribution in [0.15, 0.2) is 18.3 Å². The average molecular weight is 250 g/mol. The second kappa shape index (κ2) is 4.63. The Kier molecular flexibility index (Phi) is 3.19. The minimum atomic E-state index is 0.606. The molecule has 0 radical (unpaired) electrons. The van der Waals surface area contributed by atoms with E-state index in [1.807, 2.05) is 25.3 Å². The molecule has 1 aromatic carbocycles. The highest BCUT2D eigenvalue weighted by atomic mass is 32.1. The van der Waals surface area contributed by atoms with Crippen LogP contribution in [-0.4, -0.2) is 24.2 Å². The van der Waals surface area contributed by atoms with Gasteiger partial charge in [-0.05, 0) is 36.8 Å². The Bertz CT molecular complexity index is 586. The van der Waals surface area contributed by atoms with Crippen molar-refractivity contribution >= 4 is 12.2 Å². The third kappa shape index (κ3) is 2.19. The molecule has 0 spiro atoms. The minimum absolute atomic E-state index is 0.606. The van der Waals surface area contributed by atoms with Gasteiger partial charge in [0.2, 0.25) is 0 Å². The summed E-state index contributed by atoms with van der Waals surface area (Å²) < 4.78 is 11.1. The van der Waals surface area contributed by atoms with Crippen LogP contribution in [0.1, 0.15) is 5.56 Å². The van der Waals surface area contributed by atoms with E-state index in [2.05, 4.69) is 9.97 Å². The number of aryl methyl sites for hydroxylation is 1. The number of nitrogens with one attached hydrogen (secondary N) is 2. The van der Waals surface area contributed by atoms with Crippen LogP contribution in [0.5, 0.6) is 11.5 Å². The van der Waals surface area contributed by atoms with Gasteiger partial charge in [0.05, 0.1) is 19.9 Å². The number of ether oxygens (including phenoxy) is 2. The fraction of sp³-hybridized carbons (Fsp3) is 0.250. The molecule has 0 amide bonds. The lowest BCUT2D eigenvalue weighted by Gasteiger charge is -2.11. The van der Waals surface area contributed by atoms with Crippen molar-refractivity contribution in [2.45, 2.75) is 6.92 Å². The predicted octanol–water partition coefficient (Wildman–Crippen LogP) is 3.06. The van der Waals surface area contributed by atoms with Crippen LogP contribution in [0.2, 0.25) is 0 Å². The van der Waals surface area contributed by atoms with Gasteiger partial charge in [0.1, 0.15) is 0 Å². The topological polar surface area (TPSA) is 50.0 Å². The van der Waals surface area contributed by atoms with E-state index in [0.29, 0.717) is 10.5 Å². The molecule has 1 aromatic heterocycles. The molecule has 0 aliphatic carbocycles. The molecule has 2 rings (SSSR count). The van der Waals surface area contributed by atoms with E-state index < -0.39 is 0 Å². The SMILES string of the molecule is COc1cc(C)c(-c2c[nH]c(=S)[nH]2)cc1OC. The van der Waals surface area contributed by atoms with E-state index in [4.69, 9.17) is 21.7 Å². The number of benzene rings is 1. The van der Waals surface area contributed by atoms with Crippen LogP contribution >= 0.6 is 12.2 Å². The largest absolute Gasteiger partial charge is 0.493 e. The van der Waals surface area contributed by atoms with Crippen molar-refractivity contribution in [1.82, 2.24) is 9.97 Å². The highest BCUT2D eigenvalue weighted by molar-refractivity contribution is 7.71. The zero-order chi connectivity index (χ0) is 12.4. The van der Waals surface area contributed by atoms with Gasteiger partial charge in [-0.3, -0.25) is 0 Å². The number of rotatable bonds is 3. The van der Waals surface area contributed by atoms with Gasteiger partial charge >= 0.3 is 0 Å². The number of methoxy groups -OCH3 is 2. The van der Waals surface area contributed by atoms with Gasteiger partial charge < -0.3 is 19.4 Å². The average Bonchev–Trinajstić information content (AvgIpc) is 2.75. The van der Waals surface area contributed by atoms with Crippen molar-refractivity contribution in [3.8, 4) is 22.8 Å². The quantitative estimate of drug-likeness (QED) is 0.823. The van der Waals surface area contributed by atoms with Crippen LogP contribution in [-0.2, 0) is 0 Å². The molecular formula is C12H14N2O2S. The lowest BCUT2D eigenvalue weighted by atomic mass is 10.1. The molecule has 0 unspecified atom stereocenters. The number of imidazole rings is 1. The normalized spacial score (nSPS) is 10.3. The van der Waals surface area contributed by atoms with E-state index >= 15 is 0 Å². The summed E-state index contributed by atoms with van der Waals surface area (Å²) in [7, 11) is 3.25. The van der Waals surface area contributed by atoms with Crippen LogP contribution < -0.4 is 9.47 Å². The fourth-order valence-corrected chi connectivity index (χ4v) is 1.92. The lowest BCUT2D eigenvalue weighted by Crippen LogP contribution is -1.93. The van der Waals surface area contributed by atoms with E-state index in [9.17, 15) is 0 Å². The molecule has 0 aliphatic heterocycles. The summed E-state index contributed by atoms with van der Waals surface area (Å²) in [4.78, 5) is 6.03. The van der Waals surface area contributed by atoms with Gasteiger partial charge in [-0.1, -0.05) is 0 Å². The van der Waals surface area contributed by atoms with Gasteiger partial charge in [0.15, 0.2) is 16.3 Å². The van der Waals surface area contributed by atoms with Gasteiger partial charge in [0, 0.05) is 11.8 Å².